The Hall–Kier alpha value is -4.93. The molecule has 0 aliphatic heterocycles. The maximum Gasteiger partial charge on any atom is 0.123 e. The number of benzene rings is 6. The van der Waals surface area contributed by atoms with Crippen molar-refractivity contribution >= 4 is 70.4 Å². The molecule has 6 aromatic carbocycles. The summed E-state index contributed by atoms with van der Waals surface area (Å²) in [7, 11) is 0. The van der Waals surface area contributed by atoms with Gasteiger partial charge in [-0.3, -0.25) is 0 Å². The topological polar surface area (TPSA) is 8.17 Å². The van der Waals surface area contributed by atoms with Crippen LogP contribution >= 0.6 is 11.3 Å². The lowest BCUT2D eigenvalue weighted by Gasteiger charge is -2.27. The molecule has 0 fully saturated rings. The molecule has 40 heavy (non-hydrogen) atoms. The molecule has 0 aliphatic rings. The quantitative estimate of drug-likeness (QED) is 0.218. The SMILES string of the molecule is Fc1ccc(N(c2cccc3ccccc23)c2cccc3c2sc2c4ccccc4n(-c4ccccc4)c32)cc1. The molecule has 0 amide bonds. The highest BCUT2D eigenvalue weighted by Gasteiger charge is 2.23. The minimum Gasteiger partial charge on any atom is -0.308 e. The molecule has 0 saturated heterocycles. The maximum absolute atomic E-state index is 14.1. The molecule has 190 valence electrons. The molecule has 0 unspecified atom stereocenters. The second-order valence-electron chi connectivity index (χ2n) is 9.93. The highest BCUT2D eigenvalue weighted by Crippen LogP contribution is 2.49. The molecule has 4 heteroatoms. The van der Waals surface area contributed by atoms with Gasteiger partial charge in [0.1, 0.15) is 5.82 Å². The molecular weight excluding hydrogens is 511 g/mol. The van der Waals surface area contributed by atoms with Gasteiger partial charge < -0.3 is 9.47 Å². The number of hydrogen-bond acceptors (Lipinski definition) is 2. The van der Waals surface area contributed by atoms with E-state index in [1.165, 1.54) is 43.3 Å². The zero-order chi connectivity index (χ0) is 26.6. The van der Waals surface area contributed by atoms with Gasteiger partial charge in [0.25, 0.3) is 0 Å². The second-order valence-corrected chi connectivity index (χ2v) is 11.0. The third-order valence-corrected chi connectivity index (χ3v) is 8.88. The maximum atomic E-state index is 14.1. The molecular formula is C36H23FN2S. The fourth-order valence-corrected chi connectivity index (χ4v) is 7.22. The van der Waals surface area contributed by atoms with Crippen LogP contribution in [0.25, 0.3) is 47.7 Å². The van der Waals surface area contributed by atoms with Crippen molar-refractivity contribution in [2.24, 2.45) is 0 Å². The van der Waals surface area contributed by atoms with Crippen LogP contribution in [-0.2, 0) is 0 Å². The number of hydrogen-bond donors (Lipinski definition) is 0. The van der Waals surface area contributed by atoms with Crippen molar-refractivity contribution in [2.45, 2.75) is 0 Å². The summed E-state index contributed by atoms with van der Waals surface area (Å²) < 4.78 is 18.9. The zero-order valence-electron chi connectivity index (χ0n) is 21.5. The summed E-state index contributed by atoms with van der Waals surface area (Å²) in [6, 6.07) is 47.4. The summed E-state index contributed by atoms with van der Waals surface area (Å²) >= 11 is 1.82. The number of fused-ring (bicyclic) bond motifs is 6. The van der Waals surface area contributed by atoms with Crippen LogP contribution in [0.4, 0.5) is 21.5 Å². The lowest BCUT2D eigenvalue weighted by atomic mass is 10.1. The lowest BCUT2D eigenvalue weighted by Crippen LogP contribution is -2.10. The van der Waals surface area contributed by atoms with Crippen LogP contribution in [-0.4, -0.2) is 4.57 Å². The Morgan fingerprint density at radius 3 is 2.02 bits per heavy atom. The summed E-state index contributed by atoms with van der Waals surface area (Å²) in [5.41, 5.74) is 6.61. The summed E-state index contributed by atoms with van der Waals surface area (Å²) in [5.74, 6) is -0.245. The van der Waals surface area contributed by atoms with Gasteiger partial charge in [0.05, 0.1) is 31.8 Å². The van der Waals surface area contributed by atoms with Crippen LogP contribution < -0.4 is 4.90 Å². The Morgan fingerprint density at radius 2 is 1.18 bits per heavy atom. The molecule has 0 aliphatic carbocycles. The molecule has 0 atom stereocenters. The van der Waals surface area contributed by atoms with Crippen molar-refractivity contribution in [3.05, 3.63) is 145 Å². The molecule has 0 spiro atoms. The third-order valence-electron chi connectivity index (χ3n) is 7.63. The molecule has 8 aromatic rings. The number of para-hydroxylation sites is 2. The van der Waals surface area contributed by atoms with E-state index in [9.17, 15) is 4.39 Å². The molecule has 2 heterocycles. The van der Waals surface area contributed by atoms with E-state index in [0.29, 0.717) is 0 Å². The van der Waals surface area contributed by atoms with E-state index in [2.05, 4.69) is 125 Å². The molecule has 8 rings (SSSR count). The standard InChI is InChI=1S/C36H23FN2S/c37-25-20-22-27(23-21-25)38(31-18-8-11-24-10-4-5-14-28(24)31)33-19-9-16-30-34-36(40-35(30)33)29-15-6-7-17-32(29)39(34)26-12-2-1-3-13-26/h1-23H. The van der Waals surface area contributed by atoms with Gasteiger partial charge in [0, 0.05) is 27.5 Å². The van der Waals surface area contributed by atoms with Gasteiger partial charge in [-0.2, -0.15) is 0 Å². The summed E-state index contributed by atoms with van der Waals surface area (Å²) in [4.78, 5) is 2.27. The average molecular weight is 535 g/mol. The largest absolute Gasteiger partial charge is 0.308 e. The summed E-state index contributed by atoms with van der Waals surface area (Å²) in [5, 5.41) is 4.75. The van der Waals surface area contributed by atoms with Crippen LogP contribution in [0.2, 0.25) is 0 Å². The van der Waals surface area contributed by atoms with Gasteiger partial charge >= 0.3 is 0 Å². The zero-order valence-corrected chi connectivity index (χ0v) is 22.3. The summed E-state index contributed by atoms with van der Waals surface area (Å²) in [6.07, 6.45) is 0. The first-order valence-corrected chi connectivity index (χ1v) is 14.1. The summed E-state index contributed by atoms with van der Waals surface area (Å²) in [6.45, 7) is 0. The number of rotatable bonds is 4. The smallest absolute Gasteiger partial charge is 0.123 e. The number of thiophene rings is 1. The number of halogens is 1. The van der Waals surface area contributed by atoms with Crippen molar-refractivity contribution in [2.75, 3.05) is 4.90 Å². The van der Waals surface area contributed by atoms with Gasteiger partial charge in [0.2, 0.25) is 0 Å². The Labute approximate surface area is 234 Å². The number of aromatic nitrogens is 1. The van der Waals surface area contributed by atoms with E-state index in [0.717, 1.165) is 33.5 Å². The monoisotopic (exact) mass is 534 g/mol. The van der Waals surface area contributed by atoms with Crippen LogP contribution in [0.1, 0.15) is 0 Å². The Bertz CT molecular complexity index is 2170. The van der Waals surface area contributed by atoms with E-state index in [1.807, 2.05) is 23.5 Å². The highest BCUT2D eigenvalue weighted by molar-refractivity contribution is 7.27. The molecule has 2 aromatic heterocycles. The fourth-order valence-electron chi connectivity index (χ4n) is 5.90. The van der Waals surface area contributed by atoms with Gasteiger partial charge in [-0.25, -0.2) is 4.39 Å². The van der Waals surface area contributed by atoms with Crippen molar-refractivity contribution in [1.29, 1.82) is 0 Å². The molecule has 0 radical (unpaired) electrons. The number of anilines is 3. The normalized spacial score (nSPS) is 11.6. The predicted octanol–water partition coefficient (Wildman–Crippen LogP) is 10.8. The van der Waals surface area contributed by atoms with Crippen LogP contribution in [0, 0.1) is 5.82 Å². The molecule has 0 bridgehead atoms. The van der Waals surface area contributed by atoms with E-state index in [4.69, 9.17) is 0 Å². The van der Waals surface area contributed by atoms with Crippen LogP contribution in [0.15, 0.2) is 140 Å². The van der Waals surface area contributed by atoms with Crippen molar-refractivity contribution < 1.29 is 4.39 Å². The first-order chi connectivity index (χ1) is 19.8. The van der Waals surface area contributed by atoms with Gasteiger partial charge in [-0.1, -0.05) is 84.9 Å². The predicted molar refractivity (Wildman–Crippen MR) is 168 cm³/mol. The second kappa shape index (κ2) is 9.08. The highest BCUT2D eigenvalue weighted by atomic mass is 32.1. The third kappa shape index (κ3) is 3.47. The number of nitrogens with zero attached hydrogens (tertiary/aromatic N) is 2. The lowest BCUT2D eigenvalue weighted by molar-refractivity contribution is 0.628. The first-order valence-electron chi connectivity index (χ1n) is 13.3. The Morgan fingerprint density at radius 1 is 0.525 bits per heavy atom. The van der Waals surface area contributed by atoms with Crippen LogP contribution in [0.5, 0.6) is 0 Å². The van der Waals surface area contributed by atoms with Gasteiger partial charge in [-0.15, -0.1) is 11.3 Å². The minimum absolute atomic E-state index is 0.245. The minimum atomic E-state index is -0.245. The molecule has 2 nitrogen and oxygen atoms in total. The average Bonchev–Trinajstić information content (AvgIpc) is 3.54. The van der Waals surface area contributed by atoms with Gasteiger partial charge in [0.15, 0.2) is 0 Å². The first kappa shape index (κ1) is 23.0. The molecule has 0 N–H and O–H groups in total. The van der Waals surface area contributed by atoms with Crippen molar-refractivity contribution in [1.82, 2.24) is 4.57 Å². The van der Waals surface area contributed by atoms with E-state index < -0.39 is 0 Å². The van der Waals surface area contributed by atoms with Crippen LogP contribution in [0.3, 0.4) is 0 Å². The van der Waals surface area contributed by atoms with E-state index in [1.54, 1.807) is 0 Å². The Kier molecular flexibility index (Phi) is 5.22. The van der Waals surface area contributed by atoms with Gasteiger partial charge in [-0.05, 0) is 60.0 Å². The van der Waals surface area contributed by atoms with E-state index >= 15 is 0 Å². The molecule has 0 saturated carbocycles. The Balaban J connectivity index is 1.48. The van der Waals surface area contributed by atoms with Crippen molar-refractivity contribution in [3.63, 3.8) is 0 Å². The van der Waals surface area contributed by atoms with E-state index in [-0.39, 0.29) is 5.82 Å². The fraction of sp³-hybridized carbons (Fsp3) is 0. The van der Waals surface area contributed by atoms with Crippen molar-refractivity contribution in [3.8, 4) is 5.69 Å².